The summed E-state index contributed by atoms with van der Waals surface area (Å²) >= 11 is 0. The number of imide groups is 1. The molecule has 0 saturated carbocycles. The largest absolute Gasteiger partial charge is 0.496 e. The monoisotopic (exact) mass is 571 g/mol. The number of hydrogen-bond donors (Lipinski definition) is 1. The molecule has 1 aromatic heterocycles. The van der Waals surface area contributed by atoms with Crippen LogP contribution in [-0.4, -0.2) is 80.5 Å². The van der Waals surface area contributed by atoms with Gasteiger partial charge in [0.2, 0.25) is 17.7 Å². The number of halogens is 3. The average Bonchev–Trinajstić information content (AvgIpc) is 3.59. The highest BCUT2D eigenvalue weighted by Gasteiger charge is 2.39. The number of carbonyl (C=O) groups excluding carboxylic acids is 3. The summed E-state index contributed by atoms with van der Waals surface area (Å²) in [5.74, 6) is -1.83. The number of hydrogen-bond acceptors (Lipinski definition) is 8. The summed E-state index contributed by atoms with van der Waals surface area (Å²) < 4.78 is 46.2. The molecule has 3 amide bonds. The van der Waals surface area contributed by atoms with E-state index in [4.69, 9.17) is 4.74 Å². The van der Waals surface area contributed by atoms with Crippen molar-refractivity contribution in [2.24, 2.45) is 0 Å². The highest BCUT2D eigenvalue weighted by Crippen LogP contribution is 2.31. The third-order valence-corrected chi connectivity index (χ3v) is 7.43. The summed E-state index contributed by atoms with van der Waals surface area (Å²) in [7, 11) is 1.48. The summed E-state index contributed by atoms with van der Waals surface area (Å²) in [6.07, 6.45) is -3.91. The molecule has 0 bridgehead atoms. The number of rotatable bonds is 8. The number of ether oxygens (including phenoxy) is 1. The van der Waals surface area contributed by atoms with E-state index in [-0.39, 0.29) is 61.3 Å². The van der Waals surface area contributed by atoms with Gasteiger partial charge < -0.3 is 15.0 Å². The Morgan fingerprint density at radius 2 is 1.83 bits per heavy atom. The van der Waals surface area contributed by atoms with Crippen molar-refractivity contribution in [3.8, 4) is 11.4 Å². The molecule has 2 fully saturated rings. The van der Waals surface area contributed by atoms with Gasteiger partial charge in [0.25, 0.3) is 5.82 Å². The molecule has 2 saturated heterocycles. The van der Waals surface area contributed by atoms with Crippen molar-refractivity contribution < 1.29 is 32.3 Å². The molecule has 0 spiro atoms. The number of aromatic nitrogens is 4. The molecule has 216 valence electrons. The van der Waals surface area contributed by atoms with Crippen LogP contribution in [0.4, 0.5) is 13.2 Å². The average molecular weight is 572 g/mol. The Hall–Kier alpha value is -4.33. The lowest BCUT2D eigenvalue weighted by atomic mass is 9.85. The summed E-state index contributed by atoms with van der Waals surface area (Å²) in [5.41, 5.74) is 1.73. The van der Waals surface area contributed by atoms with Gasteiger partial charge in [0, 0.05) is 50.0 Å². The first-order valence-electron chi connectivity index (χ1n) is 13.1. The molecule has 11 nitrogen and oxygen atoms in total. The van der Waals surface area contributed by atoms with Crippen LogP contribution < -0.4 is 10.1 Å². The van der Waals surface area contributed by atoms with Crippen LogP contribution in [0.2, 0.25) is 0 Å². The van der Waals surface area contributed by atoms with Crippen molar-refractivity contribution in [2.75, 3.05) is 26.7 Å². The molecule has 3 aromatic rings. The molecule has 2 atom stereocenters. The first-order valence-corrected chi connectivity index (χ1v) is 13.1. The highest BCUT2D eigenvalue weighted by molar-refractivity contribution is 6.04. The molecule has 41 heavy (non-hydrogen) atoms. The lowest BCUT2D eigenvalue weighted by molar-refractivity contribution is -0.146. The van der Waals surface area contributed by atoms with E-state index in [0.29, 0.717) is 35.5 Å². The Bertz CT molecular complexity index is 1410. The lowest BCUT2D eigenvalue weighted by Crippen LogP contribution is -2.52. The van der Waals surface area contributed by atoms with Gasteiger partial charge in [-0.3, -0.25) is 19.3 Å². The van der Waals surface area contributed by atoms with Crippen LogP contribution in [0.15, 0.2) is 48.5 Å². The van der Waals surface area contributed by atoms with Gasteiger partial charge in [-0.1, -0.05) is 30.3 Å². The number of tetrazole rings is 1. The Labute approximate surface area is 233 Å². The van der Waals surface area contributed by atoms with Crippen molar-refractivity contribution in [3.63, 3.8) is 0 Å². The molecular formula is C27H28F3N7O4. The van der Waals surface area contributed by atoms with E-state index in [1.807, 2.05) is 30.3 Å². The molecule has 2 aliphatic heterocycles. The number of alkyl halides is 3. The molecule has 3 heterocycles. The number of nitrogens with one attached hydrogen (secondary N) is 1. The Balaban J connectivity index is 1.34. The minimum absolute atomic E-state index is 0.0939. The van der Waals surface area contributed by atoms with Crippen molar-refractivity contribution in [1.82, 2.24) is 35.3 Å². The number of benzene rings is 2. The van der Waals surface area contributed by atoms with Crippen LogP contribution in [0.25, 0.3) is 5.69 Å². The number of likely N-dealkylation sites (tertiary alicyclic amines) is 2. The maximum Gasteiger partial charge on any atom is 0.453 e. The molecular weight excluding hydrogens is 543 g/mol. The topological polar surface area (TPSA) is 123 Å². The van der Waals surface area contributed by atoms with Crippen LogP contribution in [0, 0.1) is 0 Å². The molecule has 0 radical (unpaired) electrons. The Morgan fingerprint density at radius 3 is 2.51 bits per heavy atom. The van der Waals surface area contributed by atoms with Gasteiger partial charge in [-0.25, -0.2) is 0 Å². The summed E-state index contributed by atoms with van der Waals surface area (Å²) in [5, 5.41) is 13.3. The summed E-state index contributed by atoms with van der Waals surface area (Å²) in [4.78, 5) is 39.8. The molecule has 1 N–H and O–H groups in total. The van der Waals surface area contributed by atoms with E-state index >= 15 is 0 Å². The fourth-order valence-electron chi connectivity index (χ4n) is 5.31. The van der Waals surface area contributed by atoms with Gasteiger partial charge in [0.15, 0.2) is 0 Å². The number of carbonyl (C=O) groups is 3. The van der Waals surface area contributed by atoms with Gasteiger partial charge in [0.1, 0.15) is 12.3 Å². The first-order chi connectivity index (χ1) is 19.7. The predicted octanol–water partition coefficient (Wildman–Crippen LogP) is 2.31. The number of piperidine rings is 1. The quantitative estimate of drug-likeness (QED) is 0.409. The van der Waals surface area contributed by atoms with Crippen LogP contribution >= 0.6 is 0 Å². The lowest BCUT2D eigenvalue weighted by Gasteiger charge is -2.40. The smallest absolute Gasteiger partial charge is 0.453 e. The SMILES string of the molecule is COc1ccc(-n2nnnc2C(F)(F)F)cc1CNC1CCN(C(=O)CN2C(=O)CCC2=O)CC1c1ccccc1. The predicted molar refractivity (Wildman–Crippen MR) is 138 cm³/mol. The van der Waals surface area contributed by atoms with Gasteiger partial charge in [-0.2, -0.15) is 17.9 Å². The van der Waals surface area contributed by atoms with E-state index in [2.05, 4.69) is 20.8 Å². The highest BCUT2D eigenvalue weighted by atomic mass is 19.4. The van der Waals surface area contributed by atoms with E-state index in [1.165, 1.54) is 19.2 Å². The molecule has 2 aliphatic rings. The van der Waals surface area contributed by atoms with Crippen LogP contribution in [0.3, 0.4) is 0 Å². The zero-order valence-electron chi connectivity index (χ0n) is 22.2. The molecule has 14 heteroatoms. The van der Waals surface area contributed by atoms with Gasteiger partial charge in [-0.05, 0) is 40.6 Å². The normalized spacial score (nSPS) is 19.6. The molecule has 2 unspecified atom stereocenters. The van der Waals surface area contributed by atoms with E-state index in [9.17, 15) is 27.6 Å². The second-order valence-electron chi connectivity index (χ2n) is 9.91. The van der Waals surface area contributed by atoms with Crippen LogP contribution in [-0.2, 0) is 27.1 Å². The number of amides is 3. The Kier molecular flexibility index (Phi) is 8.01. The van der Waals surface area contributed by atoms with E-state index < -0.39 is 12.0 Å². The third-order valence-electron chi connectivity index (χ3n) is 7.43. The zero-order valence-corrected chi connectivity index (χ0v) is 22.2. The number of nitrogens with zero attached hydrogens (tertiary/aromatic N) is 6. The molecule has 0 aliphatic carbocycles. The second-order valence-corrected chi connectivity index (χ2v) is 9.91. The van der Waals surface area contributed by atoms with Crippen LogP contribution in [0.1, 0.15) is 42.1 Å². The van der Waals surface area contributed by atoms with Crippen LogP contribution in [0.5, 0.6) is 5.75 Å². The first kappa shape index (κ1) is 28.2. The van der Waals surface area contributed by atoms with E-state index in [0.717, 1.165) is 10.5 Å². The van der Waals surface area contributed by atoms with Gasteiger partial charge in [0.05, 0.1) is 12.8 Å². The minimum atomic E-state index is -4.73. The zero-order chi connectivity index (χ0) is 29.1. The van der Waals surface area contributed by atoms with Crippen molar-refractivity contribution in [2.45, 2.75) is 43.9 Å². The minimum Gasteiger partial charge on any atom is -0.496 e. The van der Waals surface area contributed by atoms with E-state index in [1.54, 1.807) is 11.0 Å². The fraction of sp³-hybridized carbons (Fsp3) is 0.407. The van der Waals surface area contributed by atoms with Crippen molar-refractivity contribution >= 4 is 17.7 Å². The van der Waals surface area contributed by atoms with Gasteiger partial charge >= 0.3 is 6.18 Å². The third kappa shape index (κ3) is 6.06. The van der Waals surface area contributed by atoms with Gasteiger partial charge in [-0.15, -0.1) is 5.10 Å². The summed E-state index contributed by atoms with van der Waals surface area (Å²) in [6, 6.07) is 14.1. The molecule has 5 rings (SSSR count). The molecule has 2 aromatic carbocycles. The standard InChI is InChI=1S/C27H28F3N7O4/c1-41-22-8-7-19(37-26(27(28,29)30)32-33-34-37)13-18(22)14-31-21-11-12-35(15-20(21)17-5-3-2-4-6-17)25(40)16-36-23(38)9-10-24(36)39/h2-8,13,20-21,31H,9-12,14-16H2,1H3. The maximum absolute atomic E-state index is 13.4. The number of methoxy groups -OCH3 is 1. The summed E-state index contributed by atoms with van der Waals surface area (Å²) in [6.45, 7) is 0.776. The maximum atomic E-state index is 13.4. The van der Waals surface area contributed by atoms with Crippen molar-refractivity contribution in [3.05, 3.63) is 65.5 Å². The van der Waals surface area contributed by atoms with Crippen molar-refractivity contribution in [1.29, 1.82) is 0 Å². The Morgan fingerprint density at radius 1 is 1.10 bits per heavy atom. The second kappa shape index (κ2) is 11.6. The fourth-order valence-corrected chi connectivity index (χ4v) is 5.31.